The van der Waals surface area contributed by atoms with E-state index in [4.69, 9.17) is 9.84 Å². The monoisotopic (exact) mass is 252 g/mol. The molecule has 1 fully saturated rings. The largest absolute Gasteiger partial charge is 0.394 e. The van der Waals surface area contributed by atoms with Gasteiger partial charge in [0.1, 0.15) is 29.3 Å². The average Bonchev–Trinajstić information content (AvgIpc) is 2.92. The molecule has 1 saturated heterocycles. The fourth-order valence-electron chi connectivity index (χ4n) is 1.97. The quantitative estimate of drug-likeness (QED) is 0.592. The standard InChI is InChI=1S/C10H12N4O4/c15-4-7-8(16)9(17)10(18-7)14-12-5-1-2-11-3-6(5)13-14/h1-3,7-10,15-17H,4H2/t7-,8-,9-,10-/m1/s1. The lowest BCUT2D eigenvalue weighted by atomic mass is 10.1. The molecule has 3 rings (SSSR count). The van der Waals surface area contributed by atoms with E-state index in [1.807, 2.05) is 0 Å². The van der Waals surface area contributed by atoms with E-state index in [0.717, 1.165) is 0 Å². The maximum absolute atomic E-state index is 9.84. The van der Waals surface area contributed by atoms with Crippen LogP contribution in [-0.4, -0.2) is 60.2 Å². The van der Waals surface area contributed by atoms with E-state index in [1.54, 1.807) is 18.5 Å². The third-order valence-corrected chi connectivity index (χ3v) is 2.94. The zero-order chi connectivity index (χ0) is 12.7. The molecule has 0 aliphatic carbocycles. The van der Waals surface area contributed by atoms with Gasteiger partial charge in [0.25, 0.3) is 0 Å². The lowest BCUT2D eigenvalue weighted by molar-refractivity contribution is -0.0650. The Balaban J connectivity index is 1.95. The molecular formula is C10H12N4O4. The zero-order valence-electron chi connectivity index (χ0n) is 9.29. The molecule has 1 aliphatic rings. The van der Waals surface area contributed by atoms with Gasteiger partial charge in [0.2, 0.25) is 0 Å². The highest BCUT2D eigenvalue weighted by Gasteiger charge is 2.44. The first-order valence-electron chi connectivity index (χ1n) is 5.49. The van der Waals surface area contributed by atoms with Gasteiger partial charge in [-0.25, -0.2) is 0 Å². The van der Waals surface area contributed by atoms with Crippen LogP contribution in [0.2, 0.25) is 0 Å². The van der Waals surface area contributed by atoms with Crippen LogP contribution in [0.15, 0.2) is 18.5 Å². The number of hydrogen-bond donors (Lipinski definition) is 3. The highest BCUT2D eigenvalue weighted by Crippen LogP contribution is 2.28. The van der Waals surface area contributed by atoms with Gasteiger partial charge in [0, 0.05) is 6.20 Å². The normalized spacial score (nSPS) is 32.2. The van der Waals surface area contributed by atoms with Gasteiger partial charge >= 0.3 is 0 Å². The van der Waals surface area contributed by atoms with Gasteiger partial charge in [-0.15, -0.1) is 5.10 Å². The Bertz CT molecular complexity index is 527. The van der Waals surface area contributed by atoms with Gasteiger partial charge in [-0.05, 0) is 6.07 Å². The number of aliphatic hydroxyl groups excluding tert-OH is 3. The van der Waals surface area contributed by atoms with E-state index in [-0.39, 0.29) is 6.61 Å². The third-order valence-electron chi connectivity index (χ3n) is 2.94. The van der Waals surface area contributed by atoms with Gasteiger partial charge < -0.3 is 20.1 Å². The van der Waals surface area contributed by atoms with Gasteiger partial charge in [-0.3, -0.25) is 4.98 Å². The van der Waals surface area contributed by atoms with Crippen LogP contribution in [-0.2, 0) is 4.74 Å². The molecule has 2 aromatic rings. The van der Waals surface area contributed by atoms with Crippen LogP contribution < -0.4 is 0 Å². The van der Waals surface area contributed by atoms with Crippen molar-refractivity contribution in [3.8, 4) is 0 Å². The van der Waals surface area contributed by atoms with Crippen molar-refractivity contribution in [1.82, 2.24) is 20.0 Å². The van der Waals surface area contributed by atoms with Crippen LogP contribution in [0.1, 0.15) is 6.23 Å². The van der Waals surface area contributed by atoms with Crippen LogP contribution in [0.3, 0.4) is 0 Å². The smallest absolute Gasteiger partial charge is 0.198 e. The van der Waals surface area contributed by atoms with Crippen LogP contribution in [0.25, 0.3) is 11.0 Å². The highest BCUT2D eigenvalue weighted by atomic mass is 16.6. The highest BCUT2D eigenvalue weighted by molar-refractivity contribution is 5.71. The molecule has 3 N–H and O–H groups in total. The molecule has 18 heavy (non-hydrogen) atoms. The summed E-state index contributed by atoms with van der Waals surface area (Å²) >= 11 is 0. The minimum Gasteiger partial charge on any atom is -0.394 e. The van der Waals surface area contributed by atoms with Crippen molar-refractivity contribution < 1.29 is 20.1 Å². The molecular weight excluding hydrogens is 240 g/mol. The number of nitrogens with zero attached hydrogens (tertiary/aromatic N) is 4. The van der Waals surface area contributed by atoms with E-state index in [1.165, 1.54) is 4.80 Å². The maximum atomic E-state index is 9.84. The van der Waals surface area contributed by atoms with Crippen molar-refractivity contribution in [2.75, 3.05) is 6.61 Å². The first-order chi connectivity index (χ1) is 8.70. The molecule has 8 nitrogen and oxygen atoms in total. The molecule has 0 saturated carbocycles. The number of ether oxygens (including phenoxy) is 1. The first-order valence-corrected chi connectivity index (χ1v) is 5.49. The predicted octanol–water partition coefficient (Wildman–Crippen LogP) is -1.56. The van der Waals surface area contributed by atoms with Crippen molar-refractivity contribution in [2.24, 2.45) is 0 Å². The number of aromatic nitrogens is 4. The zero-order valence-corrected chi connectivity index (χ0v) is 9.29. The van der Waals surface area contributed by atoms with Crippen molar-refractivity contribution in [1.29, 1.82) is 0 Å². The van der Waals surface area contributed by atoms with Gasteiger partial charge in [0.05, 0.1) is 12.8 Å². The Kier molecular flexibility index (Phi) is 2.71. The summed E-state index contributed by atoms with van der Waals surface area (Å²) in [4.78, 5) is 5.10. The first kappa shape index (κ1) is 11.5. The molecule has 0 bridgehead atoms. The number of pyridine rings is 1. The van der Waals surface area contributed by atoms with Gasteiger partial charge in [-0.1, -0.05) is 0 Å². The summed E-state index contributed by atoms with van der Waals surface area (Å²) < 4.78 is 5.32. The Hall–Kier alpha value is -1.61. The predicted molar refractivity (Wildman–Crippen MR) is 58.3 cm³/mol. The fourth-order valence-corrected chi connectivity index (χ4v) is 1.97. The number of rotatable bonds is 2. The minimum absolute atomic E-state index is 0.378. The molecule has 0 aromatic carbocycles. The Morgan fingerprint density at radius 2 is 2.00 bits per heavy atom. The number of hydrogen-bond acceptors (Lipinski definition) is 7. The molecule has 3 heterocycles. The fraction of sp³-hybridized carbons (Fsp3) is 0.500. The van der Waals surface area contributed by atoms with Crippen LogP contribution >= 0.6 is 0 Å². The number of aliphatic hydroxyl groups is 3. The summed E-state index contributed by atoms with van der Waals surface area (Å²) in [6, 6.07) is 1.68. The summed E-state index contributed by atoms with van der Waals surface area (Å²) in [5, 5.41) is 36.7. The van der Waals surface area contributed by atoms with E-state index in [9.17, 15) is 10.2 Å². The maximum Gasteiger partial charge on any atom is 0.198 e. The molecule has 0 radical (unpaired) electrons. The molecule has 0 unspecified atom stereocenters. The van der Waals surface area contributed by atoms with Crippen molar-refractivity contribution >= 4 is 11.0 Å². The lowest BCUT2D eigenvalue weighted by Gasteiger charge is -2.12. The molecule has 96 valence electrons. The summed E-state index contributed by atoms with van der Waals surface area (Å²) in [7, 11) is 0. The van der Waals surface area contributed by atoms with Gasteiger partial charge in [0.15, 0.2) is 6.23 Å². The van der Waals surface area contributed by atoms with E-state index in [0.29, 0.717) is 11.0 Å². The molecule has 0 amide bonds. The second-order valence-corrected chi connectivity index (χ2v) is 4.11. The van der Waals surface area contributed by atoms with E-state index < -0.39 is 24.5 Å². The lowest BCUT2D eigenvalue weighted by Crippen LogP contribution is -2.33. The second-order valence-electron chi connectivity index (χ2n) is 4.11. The topological polar surface area (TPSA) is 114 Å². The summed E-state index contributed by atoms with van der Waals surface area (Å²) in [6.07, 6.45) is -0.968. The van der Waals surface area contributed by atoms with Crippen molar-refractivity contribution in [3.05, 3.63) is 18.5 Å². The molecule has 1 aliphatic heterocycles. The third kappa shape index (κ3) is 1.66. The van der Waals surface area contributed by atoms with Gasteiger partial charge in [-0.2, -0.15) is 9.90 Å². The Morgan fingerprint density at radius 1 is 1.22 bits per heavy atom. The van der Waals surface area contributed by atoms with E-state index >= 15 is 0 Å². The van der Waals surface area contributed by atoms with Crippen LogP contribution in [0.4, 0.5) is 0 Å². The summed E-state index contributed by atoms with van der Waals surface area (Å²) in [5.74, 6) is 0. The molecule has 2 aromatic heterocycles. The Morgan fingerprint density at radius 3 is 2.67 bits per heavy atom. The second kappa shape index (κ2) is 4.25. The van der Waals surface area contributed by atoms with Crippen molar-refractivity contribution in [3.63, 3.8) is 0 Å². The summed E-state index contributed by atoms with van der Waals surface area (Å²) in [5.41, 5.74) is 1.18. The molecule has 4 atom stereocenters. The average molecular weight is 252 g/mol. The SMILES string of the molecule is OC[C@H]1O[C@@H](n2nc3ccncc3n2)[C@H](O)[C@@H]1O. The van der Waals surface area contributed by atoms with Crippen molar-refractivity contribution in [2.45, 2.75) is 24.5 Å². The van der Waals surface area contributed by atoms with E-state index in [2.05, 4.69) is 15.2 Å². The molecule has 8 heteroatoms. The molecule has 0 spiro atoms. The van der Waals surface area contributed by atoms with Crippen LogP contribution in [0.5, 0.6) is 0 Å². The van der Waals surface area contributed by atoms with Crippen LogP contribution in [0, 0.1) is 0 Å². The number of fused-ring (bicyclic) bond motifs is 1. The summed E-state index contributed by atoms with van der Waals surface area (Å²) in [6.45, 7) is -0.378. The Labute approximate surface area is 101 Å². The minimum atomic E-state index is -1.18.